The van der Waals surface area contributed by atoms with Crippen LogP contribution in [0.5, 0.6) is 0 Å². The molecule has 21 heavy (non-hydrogen) atoms. The molecule has 0 aliphatic carbocycles. The topological polar surface area (TPSA) is 61.5 Å². The number of morpholine rings is 1. The minimum absolute atomic E-state index is 0.250. The van der Waals surface area contributed by atoms with Crippen LogP contribution in [0, 0.1) is 5.92 Å². The van der Waals surface area contributed by atoms with Gasteiger partial charge in [0.05, 0.1) is 19.8 Å². The lowest BCUT2D eigenvalue weighted by atomic mass is 9.93. The number of ether oxygens (including phenoxy) is 1. The van der Waals surface area contributed by atoms with Crippen LogP contribution in [-0.4, -0.2) is 71.8 Å². The molecule has 2 aliphatic heterocycles. The van der Waals surface area contributed by atoms with Gasteiger partial charge in [0.25, 0.3) is 0 Å². The molecule has 2 saturated heterocycles. The van der Waals surface area contributed by atoms with Crippen molar-refractivity contribution in [1.29, 1.82) is 0 Å². The minimum atomic E-state index is 0.250. The summed E-state index contributed by atoms with van der Waals surface area (Å²) in [6, 6.07) is 2.04. The lowest BCUT2D eigenvalue weighted by Gasteiger charge is -2.34. The first kappa shape index (κ1) is 14.5. The second kappa shape index (κ2) is 7.04. The number of hydrogen-bond acceptors (Lipinski definition) is 4. The summed E-state index contributed by atoms with van der Waals surface area (Å²) >= 11 is 0. The van der Waals surface area contributed by atoms with Crippen LogP contribution in [0.1, 0.15) is 18.5 Å². The second-order valence-electron chi connectivity index (χ2n) is 6.02. The molecular weight excluding hydrogens is 268 g/mol. The average Bonchev–Trinajstić information content (AvgIpc) is 3.01. The van der Waals surface area contributed by atoms with Gasteiger partial charge >= 0.3 is 0 Å². The maximum Gasteiger partial charge on any atom is 0.236 e. The van der Waals surface area contributed by atoms with Gasteiger partial charge < -0.3 is 9.64 Å². The van der Waals surface area contributed by atoms with E-state index in [1.54, 1.807) is 6.20 Å². The SMILES string of the molecule is O=C(CN1CCCC(Cc2ccn[nH]2)C1)N1CCOCC1. The fraction of sp³-hybridized carbons (Fsp3) is 0.733. The maximum atomic E-state index is 12.3. The lowest BCUT2D eigenvalue weighted by Crippen LogP contribution is -2.47. The Labute approximate surface area is 125 Å². The number of piperidine rings is 1. The molecule has 0 aromatic carbocycles. The van der Waals surface area contributed by atoms with Gasteiger partial charge in [0.15, 0.2) is 0 Å². The molecule has 1 atom stereocenters. The fourth-order valence-corrected chi connectivity index (χ4v) is 3.27. The standard InChI is InChI=1S/C15H24N4O2/c20-15(19-6-8-21-9-7-19)12-18-5-1-2-13(11-18)10-14-3-4-16-17-14/h3-4,13H,1-2,5-12H2,(H,16,17). The molecule has 1 aromatic rings. The number of hydrogen-bond donors (Lipinski definition) is 1. The first-order valence-electron chi connectivity index (χ1n) is 7.87. The molecule has 1 unspecified atom stereocenters. The molecule has 2 fully saturated rings. The quantitative estimate of drug-likeness (QED) is 0.879. The van der Waals surface area contributed by atoms with E-state index in [9.17, 15) is 4.79 Å². The summed E-state index contributed by atoms with van der Waals surface area (Å²) in [5.41, 5.74) is 1.20. The predicted octanol–water partition coefficient (Wildman–Crippen LogP) is 0.523. The number of rotatable bonds is 4. The first-order chi connectivity index (χ1) is 10.3. The van der Waals surface area contributed by atoms with E-state index in [2.05, 4.69) is 15.1 Å². The van der Waals surface area contributed by atoms with Gasteiger partial charge in [-0.1, -0.05) is 0 Å². The van der Waals surface area contributed by atoms with Crippen LogP contribution < -0.4 is 0 Å². The lowest BCUT2D eigenvalue weighted by molar-refractivity contribution is -0.136. The Kier molecular flexibility index (Phi) is 4.87. The molecule has 0 saturated carbocycles. The number of nitrogens with one attached hydrogen (secondary N) is 1. The molecule has 0 bridgehead atoms. The van der Waals surface area contributed by atoms with Crippen molar-refractivity contribution in [3.05, 3.63) is 18.0 Å². The molecule has 3 heterocycles. The van der Waals surface area contributed by atoms with E-state index < -0.39 is 0 Å². The molecule has 0 spiro atoms. The van der Waals surface area contributed by atoms with Crippen molar-refractivity contribution < 1.29 is 9.53 Å². The Hall–Kier alpha value is -1.40. The summed E-state index contributed by atoms with van der Waals surface area (Å²) in [6.07, 6.45) is 5.25. The van der Waals surface area contributed by atoms with E-state index in [4.69, 9.17) is 4.74 Å². The van der Waals surface area contributed by atoms with Crippen LogP contribution in [0.25, 0.3) is 0 Å². The van der Waals surface area contributed by atoms with Gasteiger partial charge in [-0.3, -0.25) is 14.8 Å². The van der Waals surface area contributed by atoms with Crippen molar-refractivity contribution in [2.75, 3.05) is 45.9 Å². The van der Waals surface area contributed by atoms with Crippen LogP contribution in [0.15, 0.2) is 12.3 Å². The Bertz CT molecular complexity index is 443. The summed E-state index contributed by atoms with van der Waals surface area (Å²) in [5.74, 6) is 0.872. The Balaban J connectivity index is 1.47. The van der Waals surface area contributed by atoms with Crippen molar-refractivity contribution in [2.24, 2.45) is 5.92 Å². The molecule has 2 aliphatic rings. The number of likely N-dealkylation sites (tertiary alicyclic amines) is 1. The minimum Gasteiger partial charge on any atom is -0.378 e. The molecule has 1 aromatic heterocycles. The monoisotopic (exact) mass is 292 g/mol. The fourth-order valence-electron chi connectivity index (χ4n) is 3.27. The van der Waals surface area contributed by atoms with E-state index in [0.29, 0.717) is 25.7 Å². The van der Waals surface area contributed by atoms with Crippen molar-refractivity contribution >= 4 is 5.91 Å². The van der Waals surface area contributed by atoms with Gasteiger partial charge in [-0.2, -0.15) is 5.10 Å². The Morgan fingerprint density at radius 2 is 2.24 bits per heavy atom. The van der Waals surface area contributed by atoms with Crippen LogP contribution in [0.4, 0.5) is 0 Å². The largest absolute Gasteiger partial charge is 0.378 e. The molecule has 1 N–H and O–H groups in total. The average molecular weight is 292 g/mol. The summed E-state index contributed by atoms with van der Waals surface area (Å²) in [4.78, 5) is 16.5. The highest BCUT2D eigenvalue weighted by molar-refractivity contribution is 5.78. The van der Waals surface area contributed by atoms with Gasteiger partial charge in [0.1, 0.15) is 0 Å². The molecule has 6 heteroatoms. The summed E-state index contributed by atoms with van der Waals surface area (Å²) < 4.78 is 5.30. The molecule has 1 amide bonds. The van der Waals surface area contributed by atoms with E-state index >= 15 is 0 Å². The number of nitrogens with zero attached hydrogens (tertiary/aromatic N) is 3. The van der Waals surface area contributed by atoms with Crippen molar-refractivity contribution in [3.8, 4) is 0 Å². The predicted molar refractivity (Wildman–Crippen MR) is 78.9 cm³/mol. The number of aromatic nitrogens is 2. The van der Waals surface area contributed by atoms with Gasteiger partial charge in [-0.25, -0.2) is 0 Å². The Morgan fingerprint density at radius 1 is 1.38 bits per heavy atom. The molecule has 116 valence electrons. The number of H-pyrrole nitrogens is 1. The second-order valence-corrected chi connectivity index (χ2v) is 6.02. The third kappa shape index (κ3) is 4.04. The van der Waals surface area contributed by atoms with Gasteiger partial charge in [0, 0.05) is 31.5 Å². The van der Waals surface area contributed by atoms with Crippen LogP contribution >= 0.6 is 0 Å². The van der Waals surface area contributed by atoms with Gasteiger partial charge in [-0.05, 0) is 37.8 Å². The molecule has 0 radical (unpaired) electrons. The third-order valence-electron chi connectivity index (χ3n) is 4.39. The van der Waals surface area contributed by atoms with Crippen molar-refractivity contribution in [1.82, 2.24) is 20.0 Å². The summed E-state index contributed by atoms with van der Waals surface area (Å²) in [6.45, 7) is 5.43. The van der Waals surface area contributed by atoms with Crippen LogP contribution in [0.2, 0.25) is 0 Å². The van der Waals surface area contributed by atoms with Gasteiger partial charge in [0.2, 0.25) is 5.91 Å². The smallest absolute Gasteiger partial charge is 0.236 e. The zero-order valence-corrected chi connectivity index (χ0v) is 12.5. The summed E-state index contributed by atoms with van der Waals surface area (Å²) in [7, 11) is 0. The molecular formula is C15H24N4O2. The summed E-state index contributed by atoms with van der Waals surface area (Å²) in [5, 5.41) is 7.04. The zero-order chi connectivity index (χ0) is 14.5. The Morgan fingerprint density at radius 3 is 3.00 bits per heavy atom. The van der Waals surface area contributed by atoms with Crippen molar-refractivity contribution in [3.63, 3.8) is 0 Å². The molecule has 6 nitrogen and oxygen atoms in total. The van der Waals surface area contributed by atoms with E-state index in [0.717, 1.165) is 32.6 Å². The highest BCUT2D eigenvalue weighted by Gasteiger charge is 2.24. The maximum absolute atomic E-state index is 12.3. The highest BCUT2D eigenvalue weighted by atomic mass is 16.5. The van der Waals surface area contributed by atoms with Gasteiger partial charge in [-0.15, -0.1) is 0 Å². The normalized spacial score (nSPS) is 24.2. The van der Waals surface area contributed by atoms with Crippen LogP contribution in [-0.2, 0) is 16.0 Å². The van der Waals surface area contributed by atoms with E-state index in [-0.39, 0.29) is 5.91 Å². The highest BCUT2D eigenvalue weighted by Crippen LogP contribution is 2.20. The first-order valence-corrected chi connectivity index (χ1v) is 7.87. The van der Waals surface area contributed by atoms with E-state index in [1.165, 1.54) is 18.5 Å². The number of amides is 1. The third-order valence-corrected chi connectivity index (χ3v) is 4.39. The number of carbonyl (C=O) groups excluding carboxylic acids is 1. The number of aromatic amines is 1. The molecule has 3 rings (SSSR count). The zero-order valence-electron chi connectivity index (χ0n) is 12.5. The van der Waals surface area contributed by atoms with Crippen LogP contribution in [0.3, 0.4) is 0 Å². The number of carbonyl (C=O) groups is 1. The van der Waals surface area contributed by atoms with E-state index in [1.807, 2.05) is 11.0 Å². The van der Waals surface area contributed by atoms with Crippen molar-refractivity contribution in [2.45, 2.75) is 19.3 Å².